The van der Waals surface area contributed by atoms with Gasteiger partial charge in [-0.05, 0) is 50.3 Å². The van der Waals surface area contributed by atoms with Crippen molar-refractivity contribution in [2.24, 2.45) is 5.92 Å². The van der Waals surface area contributed by atoms with Crippen molar-refractivity contribution in [3.63, 3.8) is 0 Å². The SMILES string of the molecule is CC(NC(=O)CN1C(=O)NC(C)(C2CC2)C1=O)c1ccc(Cl)cc1Cl. The maximum atomic E-state index is 12.5. The van der Waals surface area contributed by atoms with Gasteiger partial charge < -0.3 is 10.6 Å². The van der Waals surface area contributed by atoms with Crippen LogP contribution in [-0.2, 0) is 9.59 Å². The zero-order chi connectivity index (χ0) is 18.4. The molecule has 4 amide bonds. The minimum Gasteiger partial charge on any atom is -0.348 e. The molecule has 1 heterocycles. The van der Waals surface area contributed by atoms with E-state index in [-0.39, 0.29) is 24.4 Å². The van der Waals surface area contributed by atoms with Crippen molar-refractivity contribution in [3.8, 4) is 0 Å². The van der Waals surface area contributed by atoms with Gasteiger partial charge >= 0.3 is 6.03 Å². The number of benzene rings is 1. The largest absolute Gasteiger partial charge is 0.348 e. The molecule has 6 nitrogen and oxygen atoms in total. The Hall–Kier alpha value is -1.79. The van der Waals surface area contributed by atoms with Gasteiger partial charge in [0.1, 0.15) is 12.1 Å². The third-order valence-corrected chi connectivity index (χ3v) is 5.37. The van der Waals surface area contributed by atoms with E-state index in [9.17, 15) is 14.4 Å². The molecule has 25 heavy (non-hydrogen) atoms. The van der Waals surface area contributed by atoms with Gasteiger partial charge in [0.15, 0.2) is 0 Å². The van der Waals surface area contributed by atoms with Crippen LogP contribution < -0.4 is 10.6 Å². The molecule has 3 rings (SSSR count). The van der Waals surface area contributed by atoms with E-state index in [2.05, 4.69) is 10.6 Å². The minimum absolute atomic E-state index is 0.156. The average molecular weight is 384 g/mol. The van der Waals surface area contributed by atoms with Crippen LogP contribution in [0.3, 0.4) is 0 Å². The van der Waals surface area contributed by atoms with Crippen molar-refractivity contribution in [3.05, 3.63) is 33.8 Å². The molecule has 1 aromatic rings. The van der Waals surface area contributed by atoms with Crippen LogP contribution in [0, 0.1) is 5.92 Å². The number of halogens is 2. The number of imide groups is 1. The Bertz CT molecular complexity index is 751. The number of nitrogens with one attached hydrogen (secondary N) is 2. The highest BCUT2D eigenvalue weighted by molar-refractivity contribution is 6.35. The van der Waals surface area contributed by atoms with Crippen LogP contribution in [-0.4, -0.2) is 34.8 Å². The Balaban J connectivity index is 1.64. The predicted molar refractivity (Wildman–Crippen MR) is 94.4 cm³/mol. The van der Waals surface area contributed by atoms with Crippen molar-refractivity contribution in [1.82, 2.24) is 15.5 Å². The second-order valence-corrected chi connectivity index (χ2v) is 7.60. The van der Waals surface area contributed by atoms with Crippen LogP contribution in [0.5, 0.6) is 0 Å². The van der Waals surface area contributed by atoms with E-state index in [4.69, 9.17) is 23.2 Å². The lowest BCUT2D eigenvalue weighted by Crippen LogP contribution is -2.47. The molecule has 1 saturated heterocycles. The molecule has 8 heteroatoms. The molecule has 2 aliphatic rings. The average Bonchev–Trinajstić information content (AvgIpc) is 3.33. The molecule has 1 aliphatic carbocycles. The molecule has 2 fully saturated rings. The monoisotopic (exact) mass is 383 g/mol. The van der Waals surface area contributed by atoms with Crippen molar-refractivity contribution in [1.29, 1.82) is 0 Å². The van der Waals surface area contributed by atoms with E-state index in [1.54, 1.807) is 32.0 Å². The third kappa shape index (κ3) is 3.46. The quantitative estimate of drug-likeness (QED) is 0.767. The van der Waals surface area contributed by atoms with E-state index in [0.29, 0.717) is 15.6 Å². The molecule has 0 radical (unpaired) electrons. The highest BCUT2D eigenvalue weighted by atomic mass is 35.5. The molecule has 0 aromatic heterocycles. The summed E-state index contributed by atoms with van der Waals surface area (Å²) in [6, 6.07) is 4.11. The summed E-state index contributed by atoms with van der Waals surface area (Å²) in [6.07, 6.45) is 1.82. The van der Waals surface area contributed by atoms with E-state index >= 15 is 0 Å². The van der Waals surface area contributed by atoms with Gasteiger partial charge in [-0.2, -0.15) is 0 Å². The summed E-state index contributed by atoms with van der Waals surface area (Å²) in [6.45, 7) is 3.18. The molecule has 1 aromatic carbocycles. The van der Waals surface area contributed by atoms with Gasteiger partial charge in [0.05, 0.1) is 6.04 Å². The minimum atomic E-state index is -0.886. The molecule has 2 atom stereocenters. The maximum Gasteiger partial charge on any atom is 0.325 e. The number of rotatable bonds is 5. The van der Waals surface area contributed by atoms with E-state index in [1.807, 2.05) is 0 Å². The Labute approximate surface area is 155 Å². The molecular formula is C17H19Cl2N3O3. The van der Waals surface area contributed by atoms with Gasteiger partial charge in [-0.1, -0.05) is 29.3 Å². The lowest BCUT2D eigenvalue weighted by atomic mass is 9.96. The fraction of sp³-hybridized carbons (Fsp3) is 0.471. The van der Waals surface area contributed by atoms with Crippen LogP contribution in [0.1, 0.15) is 38.3 Å². The standard InChI is InChI=1S/C17H19Cl2N3O3/c1-9(12-6-5-11(18)7-13(12)19)20-14(23)8-22-15(24)17(2,10-3-4-10)21-16(22)25/h5-7,9-10H,3-4,8H2,1-2H3,(H,20,23)(H,21,25). The second-order valence-electron chi connectivity index (χ2n) is 6.75. The number of amides is 4. The molecule has 1 aliphatic heterocycles. The lowest BCUT2D eigenvalue weighted by molar-refractivity contribution is -0.135. The number of hydrogen-bond acceptors (Lipinski definition) is 3. The number of hydrogen-bond donors (Lipinski definition) is 2. The highest BCUT2D eigenvalue weighted by Crippen LogP contribution is 2.42. The summed E-state index contributed by atoms with van der Waals surface area (Å²) in [5.74, 6) is -0.613. The number of carbonyl (C=O) groups is 3. The topological polar surface area (TPSA) is 78.5 Å². The van der Waals surface area contributed by atoms with Gasteiger partial charge in [-0.15, -0.1) is 0 Å². The van der Waals surface area contributed by atoms with Crippen LogP contribution in [0.4, 0.5) is 4.79 Å². The summed E-state index contributed by atoms with van der Waals surface area (Å²) in [5.41, 5.74) is -0.179. The first-order valence-electron chi connectivity index (χ1n) is 8.11. The summed E-state index contributed by atoms with van der Waals surface area (Å²) >= 11 is 12.0. The Morgan fingerprint density at radius 1 is 1.40 bits per heavy atom. The van der Waals surface area contributed by atoms with Crippen molar-refractivity contribution < 1.29 is 14.4 Å². The third-order valence-electron chi connectivity index (χ3n) is 4.80. The van der Waals surface area contributed by atoms with Crippen LogP contribution in [0.25, 0.3) is 0 Å². The lowest BCUT2D eigenvalue weighted by Gasteiger charge is -2.21. The maximum absolute atomic E-state index is 12.5. The normalized spacial score (nSPS) is 24.2. The smallest absolute Gasteiger partial charge is 0.325 e. The highest BCUT2D eigenvalue weighted by Gasteiger charge is 2.56. The van der Waals surface area contributed by atoms with E-state index < -0.39 is 17.5 Å². The van der Waals surface area contributed by atoms with Gasteiger partial charge in [0.2, 0.25) is 5.91 Å². The van der Waals surface area contributed by atoms with Crippen LogP contribution in [0.15, 0.2) is 18.2 Å². The van der Waals surface area contributed by atoms with Crippen LogP contribution >= 0.6 is 23.2 Å². The first-order valence-corrected chi connectivity index (χ1v) is 8.86. The summed E-state index contributed by atoms with van der Waals surface area (Å²) in [4.78, 5) is 37.9. The van der Waals surface area contributed by atoms with Crippen LogP contribution in [0.2, 0.25) is 10.0 Å². The van der Waals surface area contributed by atoms with Gasteiger partial charge in [0, 0.05) is 10.0 Å². The Morgan fingerprint density at radius 2 is 2.08 bits per heavy atom. The molecule has 2 unspecified atom stereocenters. The summed E-state index contributed by atoms with van der Waals surface area (Å²) in [7, 11) is 0. The number of carbonyl (C=O) groups excluding carboxylic acids is 3. The van der Waals surface area contributed by atoms with Crippen molar-refractivity contribution >= 4 is 41.0 Å². The molecule has 0 spiro atoms. The summed E-state index contributed by atoms with van der Waals surface area (Å²) < 4.78 is 0. The van der Waals surface area contributed by atoms with Gasteiger partial charge in [0.25, 0.3) is 5.91 Å². The zero-order valence-electron chi connectivity index (χ0n) is 13.9. The van der Waals surface area contributed by atoms with Gasteiger partial charge in [-0.25, -0.2) is 4.79 Å². The van der Waals surface area contributed by atoms with Crippen molar-refractivity contribution in [2.75, 3.05) is 6.54 Å². The molecule has 2 N–H and O–H groups in total. The Kier molecular flexibility index (Phi) is 4.68. The second kappa shape index (κ2) is 6.50. The molecular weight excluding hydrogens is 365 g/mol. The fourth-order valence-electron chi connectivity index (χ4n) is 3.16. The van der Waals surface area contributed by atoms with Gasteiger partial charge in [-0.3, -0.25) is 14.5 Å². The number of nitrogens with zero attached hydrogens (tertiary/aromatic N) is 1. The molecule has 1 saturated carbocycles. The molecule has 0 bridgehead atoms. The zero-order valence-corrected chi connectivity index (χ0v) is 15.4. The number of urea groups is 1. The van der Waals surface area contributed by atoms with Crippen molar-refractivity contribution in [2.45, 2.75) is 38.3 Å². The predicted octanol–water partition coefficient (Wildman–Crippen LogP) is 2.89. The Morgan fingerprint density at radius 3 is 2.68 bits per heavy atom. The summed E-state index contributed by atoms with van der Waals surface area (Å²) in [5, 5.41) is 6.42. The fourth-order valence-corrected chi connectivity index (χ4v) is 3.73. The van der Waals surface area contributed by atoms with E-state index in [1.165, 1.54) is 0 Å². The van der Waals surface area contributed by atoms with E-state index in [0.717, 1.165) is 17.7 Å². The first-order chi connectivity index (χ1) is 11.7. The molecule has 134 valence electrons. The first kappa shape index (κ1) is 18.0.